The maximum atomic E-state index is 13.1. The summed E-state index contributed by atoms with van der Waals surface area (Å²) >= 11 is 6.15. The van der Waals surface area contributed by atoms with Crippen molar-refractivity contribution in [3.05, 3.63) is 34.6 Å². The molecule has 2 fully saturated rings. The van der Waals surface area contributed by atoms with Crippen molar-refractivity contribution in [2.45, 2.75) is 32.2 Å². The lowest BCUT2D eigenvalue weighted by Crippen LogP contribution is -2.50. The van der Waals surface area contributed by atoms with Gasteiger partial charge < -0.3 is 5.32 Å². The van der Waals surface area contributed by atoms with Crippen LogP contribution in [0.15, 0.2) is 18.2 Å². The number of rotatable bonds is 2. The van der Waals surface area contributed by atoms with Crippen molar-refractivity contribution < 1.29 is 4.39 Å². The second-order valence-corrected chi connectivity index (χ2v) is 6.74. The average molecular weight is 297 g/mol. The molecule has 20 heavy (non-hydrogen) atoms. The molecule has 0 amide bonds. The predicted molar refractivity (Wildman–Crippen MR) is 80.5 cm³/mol. The summed E-state index contributed by atoms with van der Waals surface area (Å²) in [5.41, 5.74) is 1.48. The van der Waals surface area contributed by atoms with E-state index in [1.54, 1.807) is 0 Å². The fourth-order valence-corrected chi connectivity index (χ4v) is 3.94. The first-order valence-electron chi connectivity index (χ1n) is 7.54. The Morgan fingerprint density at radius 1 is 1.30 bits per heavy atom. The van der Waals surface area contributed by atoms with Crippen molar-refractivity contribution in [2.24, 2.45) is 5.41 Å². The molecule has 3 rings (SSSR count). The number of piperidine rings is 2. The molecule has 1 aromatic rings. The fourth-order valence-electron chi connectivity index (χ4n) is 3.71. The van der Waals surface area contributed by atoms with Gasteiger partial charge in [-0.25, -0.2) is 4.39 Å². The highest BCUT2D eigenvalue weighted by atomic mass is 35.5. The zero-order chi connectivity index (χ0) is 14.0. The van der Waals surface area contributed by atoms with Crippen LogP contribution in [0.3, 0.4) is 0 Å². The Labute approximate surface area is 125 Å². The normalized spacial score (nSPS) is 27.9. The van der Waals surface area contributed by atoms with Crippen LogP contribution >= 0.6 is 11.6 Å². The highest BCUT2D eigenvalue weighted by Crippen LogP contribution is 2.36. The molecule has 0 radical (unpaired) electrons. The van der Waals surface area contributed by atoms with Gasteiger partial charge in [-0.1, -0.05) is 17.7 Å². The van der Waals surface area contributed by atoms with Gasteiger partial charge in [-0.3, -0.25) is 4.90 Å². The van der Waals surface area contributed by atoms with E-state index in [4.69, 9.17) is 11.6 Å². The lowest BCUT2D eigenvalue weighted by molar-refractivity contribution is 0.0601. The second-order valence-electron chi connectivity index (χ2n) is 6.33. The Hall–Kier alpha value is -0.640. The molecule has 0 saturated carbocycles. The van der Waals surface area contributed by atoms with E-state index in [0.29, 0.717) is 10.4 Å². The number of likely N-dealkylation sites (tertiary alicyclic amines) is 1. The lowest BCUT2D eigenvalue weighted by Gasteiger charge is -2.45. The molecule has 0 bridgehead atoms. The van der Waals surface area contributed by atoms with Gasteiger partial charge in [0.1, 0.15) is 5.82 Å². The Morgan fingerprint density at radius 2 is 2.15 bits per heavy atom. The van der Waals surface area contributed by atoms with E-state index in [9.17, 15) is 4.39 Å². The Bertz CT molecular complexity index is 466. The molecule has 0 aliphatic carbocycles. The molecule has 1 spiro atoms. The van der Waals surface area contributed by atoms with Crippen LogP contribution in [-0.4, -0.2) is 31.1 Å². The summed E-state index contributed by atoms with van der Waals surface area (Å²) in [4.78, 5) is 2.48. The van der Waals surface area contributed by atoms with E-state index in [0.717, 1.165) is 38.3 Å². The van der Waals surface area contributed by atoms with Crippen molar-refractivity contribution >= 4 is 11.6 Å². The van der Waals surface area contributed by atoms with E-state index in [2.05, 4.69) is 10.2 Å². The minimum atomic E-state index is -0.259. The van der Waals surface area contributed by atoms with Gasteiger partial charge in [-0.2, -0.15) is 0 Å². The maximum Gasteiger partial charge on any atom is 0.124 e. The molecule has 2 aliphatic rings. The summed E-state index contributed by atoms with van der Waals surface area (Å²) in [6, 6.07) is 4.74. The van der Waals surface area contributed by atoms with Crippen LogP contribution in [0.1, 0.15) is 31.2 Å². The van der Waals surface area contributed by atoms with Crippen LogP contribution in [0, 0.1) is 11.2 Å². The van der Waals surface area contributed by atoms with Crippen LogP contribution in [0.4, 0.5) is 4.39 Å². The van der Waals surface area contributed by atoms with Crippen LogP contribution in [-0.2, 0) is 6.54 Å². The first-order chi connectivity index (χ1) is 9.67. The molecule has 4 heteroatoms. The molecule has 110 valence electrons. The molecule has 2 aliphatic heterocycles. The maximum absolute atomic E-state index is 13.1. The van der Waals surface area contributed by atoms with Crippen LogP contribution in [0.5, 0.6) is 0 Å². The van der Waals surface area contributed by atoms with Gasteiger partial charge in [0, 0.05) is 24.7 Å². The summed E-state index contributed by atoms with van der Waals surface area (Å²) in [5.74, 6) is -0.259. The highest BCUT2D eigenvalue weighted by Gasteiger charge is 2.36. The van der Waals surface area contributed by atoms with E-state index in [1.807, 2.05) is 6.07 Å². The smallest absolute Gasteiger partial charge is 0.124 e. The molecule has 2 saturated heterocycles. The third-order valence-electron chi connectivity index (χ3n) is 4.71. The zero-order valence-electron chi connectivity index (χ0n) is 11.8. The Morgan fingerprint density at radius 3 is 2.90 bits per heavy atom. The SMILES string of the molecule is Fc1ccc(CN2CCCC3(CCCNC3)C2)c(Cl)c1. The first-order valence-corrected chi connectivity index (χ1v) is 7.92. The van der Waals surface area contributed by atoms with Gasteiger partial charge in [0.05, 0.1) is 0 Å². The van der Waals surface area contributed by atoms with Crippen LogP contribution in [0.25, 0.3) is 0 Å². The molecule has 1 unspecified atom stereocenters. The third kappa shape index (κ3) is 3.16. The van der Waals surface area contributed by atoms with E-state index >= 15 is 0 Å². The Kier molecular flexibility index (Phi) is 4.29. The van der Waals surface area contributed by atoms with Crippen molar-refractivity contribution in [1.82, 2.24) is 10.2 Å². The zero-order valence-corrected chi connectivity index (χ0v) is 12.6. The standard InChI is InChI=1S/C16H22ClFN2/c17-15-9-14(18)4-3-13(15)10-20-8-2-6-16(12-20)5-1-7-19-11-16/h3-4,9,19H,1-2,5-8,10-12H2. The molecule has 0 aromatic heterocycles. The fraction of sp³-hybridized carbons (Fsp3) is 0.625. The molecule has 1 atom stereocenters. The van der Waals surface area contributed by atoms with Crippen molar-refractivity contribution in [3.8, 4) is 0 Å². The largest absolute Gasteiger partial charge is 0.316 e. The molecule has 2 heterocycles. The highest BCUT2D eigenvalue weighted by molar-refractivity contribution is 6.31. The monoisotopic (exact) mass is 296 g/mol. The predicted octanol–water partition coefficient (Wildman–Crippen LogP) is 3.44. The topological polar surface area (TPSA) is 15.3 Å². The number of hydrogen-bond acceptors (Lipinski definition) is 2. The van der Waals surface area contributed by atoms with Crippen LogP contribution < -0.4 is 5.32 Å². The summed E-state index contributed by atoms with van der Waals surface area (Å²) < 4.78 is 13.1. The number of nitrogens with zero attached hydrogens (tertiary/aromatic N) is 1. The number of benzene rings is 1. The molecule has 2 nitrogen and oxygen atoms in total. The molecule has 1 aromatic carbocycles. The molecular weight excluding hydrogens is 275 g/mol. The number of hydrogen-bond donors (Lipinski definition) is 1. The van der Waals surface area contributed by atoms with Crippen molar-refractivity contribution in [2.75, 3.05) is 26.2 Å². The van der Waals surface area contributed by atoms with Gasteiger partial charge in [-0.05, 0) is 61.9 Å². The van der Waals surface area contributed by atoms with Gasteiger partial charge in [0.25, 0.3) is 0 Å². The summed E-state index contributed by atoms with van der Waals surface area (Å²) in [7, 11) is 0. The molecular formula is C16H22ClFN2. The second kappa shape index (κ2) is 6.00. The third-order valence-corrected chi connectivity index (χ3v) is 5.06. The van der Waals surface area contributed by atoms with Crippen molar-refractivity contribution in [3.63, 3.8) is 0 Å². The lowest BCUT2D eigenvalue weighted by atomic mass is 9.74. The minimum absolute atomic E-state index is 0.259. The van der Waals surface area contributed by atoms with Gasteiger partial charge in [0.15, 0.2) is 0 Å². The Balaban J connectivity index is 1.68. The average Bonchev–Trinajstić information content (AvgIpc) is 2.43. The first kappa shape index (κ1) is 14.3. The summed E-state index contributed by atoms with van der Waals surface area (Å²) in [6.45, 7) is 5.39. The minimum Gasteiger partial charge on any atom is -0.316 e. The number of nitrogens with one attached hydrogen (secondary N) is 1. The van der Waals surface area contributed by atoms with Gasteiger partial charge in [-0.15, -0.1) is 0 Å². The molecule has 1 N–H and O–H groups in total. The van der Waals surface area contributed by atoms with E-state index in [-0.39, 0.29) is 5.82 Å². The van der Waals surface area contributed by atoms with E-state index < -0.39 is 0 Å². The quantitative estimate of drug-likeness (QED) is 0.899. The summed E-state index contributed by atoms with van der Waals surface area (Å²) in [6.07, 6.45) is 5.19. The van der Waals surface area contributed by atoms with E-state index in [1.165, 1.54) is 37.8 Å². The number of halogens is 2. The van der Waals surface area contributed by atoms with Gasteiger partial charge in [0.2, 0.25) is 0 Å². The van der Waals surface area contributed by atoms with Crippen LogP contribution in [0.2, 0.25) is 5.02 Å². The van der Waals surface area contributed by atoms with Crippen molar-refractivity contribution in [1.29, 1.82) is 0 Å². The summed E-state index contributed by atoms with van der Waals surface area (Å²) in [5, 5.41) is 4.09. The van der Waals surface area contributed by atoms with Gasteiger partial charge >= 0.3 is 0 Å².